The highest BCUT2D eigenvalue weighted by Crippen LogP contribution is 2.38. The highest BCUT2D eigenvalue weighted by molar-refractivity contribution is 5.32. The van der Waals surface area contributed by atoms with Crippen molar-refractivity contribution in [2.75, 3.05) is 13.2 Å². The first-order valence-electron chi connectivity index (χ1n) is 9.65. The summed E-state index contributed by atoms with van der Waals surface area (Å²) in [4.78, 5) is 0. The second-order valence-electron chi connectivity index (χ2n) is 7.22. The third kappa shape index (κ3) is 4.79. The first-order valence-corrected chi connectivity index (χ1v) is 9.65. The Hall–Kier alpha value is -2.21. The second-order valence-corrected chi connectivity index (χ2v) is 7.22. The zero-order chi connectivity index (χ0) is 20.1. The van der Waals surface area contributed by atoms with Gasteiger partial charge in [-0.15, -0.1) is 0 Å². The minimum Gasteiger partial charge on any atom is -0.508 e. The molecule has 3 nitrogen and oxygen atoms in total. The quantitative estimate of drug-likeness (QED) is 0.655. The molecule has 2 aromatic rings. The number of ether oxygens (including phenoxy) is 2. The van der Waals surface area contributed by atoms with Crippen molar-refractivity contribution >= 4 is 0 Å². The summed E-state index contributed by atoms with van der Waals surface area (Å²) in [7, 11) is 0. The number of phenolic OH excluding ortho intramolecular Hbond substituents is 1. The first kappa shape index (κ1) is 20.5. The van der Waals surface area contributed by atoms with E-state index >= 15 is 0 Å². The molecule has 1 N–H and O–H groups in total. The lowest BCUT2D eigenvalue weighted by Gasteiger charge is -2.29. The van der Waals surface area contributed by atoms with Crippen LogP contribution in [0.15, 0.2) is 30.3 Å². The smallest absolute Gasteiger partial charge is 0.168 e. The lowest BCUT2D eigenvalue weighted by molar-refractivity contribution is 0.130. The Bertz CT molecular complexity index is 802. The lowest BCUT2D eigenvalue weighted by Crippen LogP contribution is -2.20. The van der Waals surface area contributed by atoms with Gasteiger partial charge in [0.25, 0.3) is 0 Å². The molecule has 1 fully saturated rings. The Morgan fingerprint density at radius 3 is 2.43 bits per heavy atom. The fourth-order valence-corrected chi connectivity index (χ4v) is 3.70. The van der Waals surface area contributed by atoms with Crippen molar-refractivity contribution in [3.63, 3.8) is 0 Å². The standard InChI is InChI=1S/C22H25F3O3/c1-2-27-13-16-7-9-18(22(25)21(16)24)15-5-3-14(4-6-15)12-28-20-10-8-17(26)11-19(20)23/h7-11,14-15,26H,2-6,12-13H2,1H3. The summed E-state index contributed by atoms with van der Waals surface area (Å²) in [5.41, 5.74) is 0.655. The van der Waals surface area contributed by atoms with Crippen LogP contribution in [0.2, 0.25) is 0 Å². The Kier molecular flexibility index (Phi) is 6.83. The number of aromatic hydroxyl groups is 1. The van der Waals surface area contributed by atoms with E-state index in [1.165, 1.54) is 12.1 Å². The van der Waals surface area contributed by atoms with Gasteiger partial charge in [0, 0.05) is 18.2 Å². The summed E-state index contributed by atoms with van der Waals surface area (Å²) in [5.74, 6) is -2.03. The van der Waals surface area contributed by atoms with E-state index in [0.29, 0.717) is 18.8 Å². The molecule has 0 amide bonds. The van der Waals surface area contributed by atoms with E-state index in [1.807, 2.05) is 0 Å². The van der Waals surface area contributed by atoms with Crippen molar-refractivity contribution in [3.8, 4) is 11.5 Å². The normalized spacial score (nSPS) is 19.6. The highest BCUT2D eigenvalue weighted by atomic mass is 19.2. The molecular formula is C22H25F3O3. The van der Waals surface area contributed by atoms with Gasteiger partial charge in [0.1, 0.15) is 5.75 Å². The van der Waals surface area contributed by atoms with Gasteiger partial charge in [-0.05, 0) is 62.1 Å². The molecule has 1 aliphatic rings. The maximum absolute atomic E-state index is 14.5. The zero-order valence-electron chi connectivity index (χ0n) is 15.9. The van der Waals surface area contributed by atoms with Crippen molar-refractivity contribution in [2.45, 2.75) is 45.1 Å². The van der Waals surface area contributed by atoms with Gasteiger partial charge in [0.15, 0.2) is 23.2 Å². The van der Waals surface area contributed by atoms with Gasteiger partial charge >= 0.3 is 0 Å². The van der Waals surface area contributed by atoms with Gasteiger partial charge in [-0.1, -0.05) is 12.1 Å². The van der Waals surface area contributed by atoms with Crippen LogP contribution in [0.4, 0.5) is 13.2 Å². The second kappa shape index (κ2) is 9.32. The molecular weight excluding hydrogens is 369 g/mol. The third-order valence-corrected chi connectivity index (χ3v) is 5.33. The molecule has 0 unspecified atom stereocenters. The maximum atomic E-state index is 14.5. The van der Waals surface area contributed by atoms with Gasteiger partial charge in [-0.25, -0.2) is 13.2 Å². The average molecular weight is 394 g/mol. The van der Waals surface area contributed by atoms with E-state index in [4.69, 9.17) is 9.47 Å². The minimum atomic E-state index is -0.820. The summed E-state index contributed by atoms with van der Waals surface area (Å²) in [5, 5.41) is 9.23. The molecule has 6 heteroatoms. The van der Waals surface area contributed by atoms with E-state index < -0.39 is 17.5 Å². The average Bonchev–Trinajstić information content (AvgIpc) is 2.69. The summed E-state index contributed by atoms with van der Waals surface area (Å²) in [6, 6.07) is 7.06. The number of halogens is 3. The fourth-order valence-electron chi connectivity index (χ4n) is 3.70. The van der Waals surface area contributed by atoms with Gasteiger partial charge in [-0.2, -0.15) is 0 Å². The molecule has 2 aromatic carbocycles. The van der Waals surface area contributed by atoms with Gasteiger partial charge in [0.2, 0.25) is 0 Å². The molecule has 0 radical (unpaired) electrons. The van der Waals surface area contributed by atoms with Crippen molar-refractivity contribution in [1.82, 2.24) is 0 Å². The summed E-state index contributed by atoms with van der Waals surface area (Å²) in [6.07, 6.45) is 3.05. The Morgan fingerprint density at radius 2 is 1.75 bits per heavy atom. The number of benzene rings is 2. The summed E-state index contributed by atoms with van der Waals surface area (Å²) >= 11 is 0. The number of hydrogen-bond acceptors (Lipinski definition) is 3. The summed E-state index contributed by atoms with van der Waals surface area (Å²) < 4.78 is 53.2. The molecule has 1 aliphatic carbocycles. The minimum absolute atomic E-state index is 0.0303. The number of hydrogen-bond donors (Lipinski definition) is 1. The molecule has 0 spiro atoms. The van der Waals surface area contributed by atoms with Gasteiger partial charge in [0.05, 0.1) is 13.2 Å². The molecule has 1 saturated carbocycles. The van der Waals surface area contributed by atoms with Crippen LogP contribution in [-0.2, 0) is 11.3 Å². The van der Waals surface area contributed by atoms with Crippen LogP contribution in [0.3, 0.4) is 0 Å². The van der Waals surface area contributed by atoms with Crippen molar-refractivity contribution in [3.05, 3.63) is 58.9 Å². The number of phenols is 1. The molecule has 28 heavy (non-hydrogen) atoms. The fraction of sp³-hybridized carbons (Fsp3) is 0.455. The highest BCUT2D eigenvalue weighted by Gasteiger charge is 2.27. The van der Waals surface area contributed by atoms with Crippen LogP contribution in [0, 0.1) is 23.4 Å². The Labute approximate surface area is 163 Å². The maximum Gasteiger partial charge on any atom is 0.168 e. The van der Waals surface area contributed by atoms with E-state index in [2.05, 4.69) is 0 Å². The van der Waals surface area contributed by atoms with Crippen LogP contribution in [0.5, 0.6) is 11.5 Å². The van der Waals surface area contributed by atoms with Crippen LogP contribution in [0.1, 0.15) is 49.7 Å². The molecule has 0 heterocycles. The largest absolute Gasteiger partial charge is 0.508 e. The molecule has 0 atom stereocenters. The third-order valence-electron chi connectivity index (χ3n) is 5.33. The monoisotopic (exact) mass is 394 g/mol. The Morgan fingerprint density at radius 1 is 1.00 bits per heavy atom. The van der Waals surface area contributed by atoms with Crippen LogP contribution < -0.4 is 4.74 Å². The first-order chi connectivity index (χ1) is 13.5. The van der Waals surface area contributed by atoms with Crippen LogP contribution in [-0.4, -0.2) is 18.3 Å². The van der Waals surface area contributed by atoms with E-state index in [9.17, 15) is 18.3 Å². The van der Waals surface area contributed by atoms with Crippen LogP contribution >= 0.6 is 0 Å². The molecule has 0 saturated heterocycles. The molecule has 152 valence electrons. The molecule has 0 bridgehead atoms. The van der Waals surface area contributed by atoms with Gasteiger partial charge in [-0.3, -0.25) is 0 Å². The zero-order valence-corrected chi connectivity index (χ0v) is 15.9. The lowest BCUT2D eigenvalue weighted by atomic mass is 9.78. The predicted molar refractivity (Wildman–Crippen MR) is 99.9 cm³/mol. The van der Waals surface area contributed by atoms with Crippen molar-refractivity contribution < 1.29 is 27.8 Å². The van der Waals surface area contributed by atoms with Gasteiger partial charge < -0.3 is 14.6 Å². The Balaban J connectivity index is 1.55. The van der Waals surface area contributed by atoms with Crippen molar-refractivity contribution in [2.24, 2.45) is 5.92 Å². The summed E-state index contributed by atoms with van der Waals surface area (Å²) in [6.45, 7) is 2.68. The van der Waals surface area contributed by atoms with E-state index in [-0.39, 0.29) is 35.5 Å². The van der Waals surface area contributed by atoms with Crippen molar-refractivity contribution in [1.29, 1.82) is 0 Å². The molecule has 3 rings (SSSR count). The molecule has 0 aromatic heterocycles. The van der Waals surface area contributed by atoms with E-state index in [0.717, 1.165) is 31.7 Å². The number of rotatable bonds is 7. The SMILES string of the molecule is CCOCc1ccc(C2CCC(COc3ccc(O)cc3F)CC2)c(F)c1F. The van der Waals surface area contributed by atoms with E-state index in [1.54, 1.807) is 19.1 Å². The predicted octanol–water partition coefficient (Wildman–Crippen LogP) is 5.70. The molecule has 0 aliphatic heterocycles. The van der Waals surface area contributed by atoms with Crippen LogP contribution in [0.25, 0.3) is 0 Å². The topological polar surface area (TPSA) is 38.7 Å².